The zero-order valence-electron chi connectivity index (χ0n) is 11.6. The van der Waals surface area contributed by atoms with Crippen LogP contribution in [0.4, 0.5) is 0 Å². The van der Waals surface area contributed by atoms with Gasteiger partial charge in [0.15, 0.2) is 0 Å². The molecule has 3 rings (SSSR count). The molecule has 1 N–H and O–H groups in total. The molecule has 4 nitrogen and oxygen atoms in total. The Morgan fingerprint density at radius 3 is 2.65 bits per heavy atom. The van der Waals surface area contributed by atoms with E-state index >= 15 is 0 Å². The lowest BCUT2D eigenvalue weighted by atomic mass is 9.88. The number of hydrogen-bond donors (Lipinski definition) is 1. The number of benzene rings is 1. The molecule has 108 valence electrons. The molecule has 1 heterocycles. The molecule has 2 fully saturated rings. The molecule has 1 amide bonds. The van der Waals surface area contributed by atoms with Gasteiger partial charge in [-0.1, -0.05) is 18.2 Å². The summed E-state index contributed by atoms with van der Waals surface area (Å²) in [5.74, 6) is 1.41. The number of carbonyl (C=O) groups is 1. The van der Waals surface area contributed by atoms with Crippen molar-refractivity contribution in [2.24, 2.45) is 5.92 Å². The Labute approximate surface area is 119 Å². The summed E-state index contributed by atoms with van der Waals surface area (Å²) in [6.07, 6.45) is 3.44. The van der Waals surface area contributed by atoms with Crippen LogP contribution >= 0.6 is 0 Å². The number of amides is 1. The van der Waals surface area contributed by atoms with E-state index in [0.717, 1.165) is 18.6 Å². The number of hydrogen-bond acceptors (Lipinski definition) is 3. The smallest absolute Gasteiger partial charge is 0.222 e. The van der Waals surface area contributed by atoms with Crippen molar-refractivity contribution in [3.8, 4) is 5.75 Å². The van der Waals surface area contributed by atoms with E-state index in [4.69, 9.17) is 4.74 Å². The fourth-order valence-electron chi connectivity index (χ4n) is 2.76. The molecule has 1 aliphatic heterocycles. The van der Waals surface area contributed by atoms with Gasteiger partial charge in [-0.15, -0.1) is 0 Å². The van der Waals surface area contributed by atoms with Crippen LogP contribution in [0.3, 0.4) is 0 Å². The number of rotatable bonds is 6. The van der Waals surface area contributed by atoms with Crippen LogP contribution in [-0.4, -0.2) is 41.2 Å². The van der Waals surface area contributed by atoms with Gasteiger partial charge in [-0.3, -0.25) is 4.79 Å². The minimum absolute atomic E-state index is 0.131. The maximum atomic E-state index is 11.9. The van der Waals surface area contributed by atoms with Gasteiger partial charge in [0.25, 0.3) is 0 Å². The molecule has 1 aromatic rings. The van der Waals surface area contributed by atoms with Crippen LogP contribution in [0.15, 0.2) is 30.3 Å². The highest BCUT2D eigenvalue weighted by Gasteiger charge is 2.52. The first-order valence-electron chi connectivity index (χ1n) is 7.35. The molecule has 2 aliphatic rings. The van der Waals surface area contributed by atoms with E-state index < -0.39 is 5.60 Å². The number of aliphatic hydroxyl groups is 1. The van der Waals surface area contributed by atoms with E-state index in [2.05, 4.69) is 0 Å². The van der Waals surface area contributed by atoms with Crippen molar-refractivity contribution in [2.75, 3.05) is 19.7 Å². The largest absolute Gasteiger partial charge is 0.494 e. The number of para-hydroxylation sites is 1. The van der Waals surface area contributed by atoms with Crippen molar-refractivity contribution in [3.05, 3.63) is 30.3 Å². The average Bonchev–Trinajstić information content (AvgIpc) is 3.26. The number of carbonyl (C=O) groups excluding carboxylic acids is 1. The van der Waals surface area contributed by atoms with Crippen LogP contribution in [0, 0.1) is 5.92 Å². The molecule has 1 aromatic carbocycles. The topological polar surface area (TPSA) is 49.8 Å². The van der Waals surface area contributed by atoms with Crippen molar-refractivity contribution in [3.63, 3.8) is 0 Å². The van der Waals surface area contributed by atoms with Crippen LogP contribution in [-0.2, 0) is 4.79 Å². The van der Waals surface area contributed by atoms with Crippen molar-refractivity contribution in [1.29, 1.82) is 0 Å². The summed E-state index contributed by atoms with van der Waals surface area (Å²) >= 11 is 0. The second-order valence-electron chi connectivity index (χ2n) is 5.89. The molecule has 1 aliphatic carbocycles. The molecular weight excluding hydrogens is 254 g/mol. The highest BCUT2D eigenvalue weighted by atomic mass is 16.5. The third-order valence-electron chi connectivity index (χ3n) is 4.17. The van der Waals surface area contributed by atoms with E-state index in [1.165, 1.54) is 0 Å². The Morgan fingerprint density at radius 2 is 2.00 bits per heavy atom. The Morgan fingerprint density at radius 1 is 1.30 bits per heavy atom. The lowest BCUT2D eigenvalue weighted by Crippen LogP contribution is -2.64. The van der Waals surface area contributed by atoms with E-state index in [-0.39, 0.29) is 5.91 Å². The molecule has 20 heavy (non-hydrogen) atoms. The molecule has 1 saturated carbocycles. The van der Waals surface area contributed by atoms with E-state index in [1.807, 2.05) is 30.3 Å². The van der Waals surface area contributed by atoms with Crippen LogP contribution in [0.1, 0.15) is 25.7 Å². The van der Waals surface area contributed by atoms with E-state index in [0.29, 0.717) is 38.5 Å². The van der Waals surface area contributed by atoms with Gasteiger partial charge in [0.2, 0.25) is 5.91 Å². The minimum atomic E-state index is -0.573. The van der Waals surface area contributed by atoms with Crippen molar-refractivity contribution in [2.45, 2.75) is 31.3 Å². The molecule has 0 bridgehead atoms. The third kappa shape index (κ3) is 2.96. The van der Waals surface area contributed by atoms with E-state index in [1.54, 1.807) is 4.90 Å². The SMILES string of the molecule is O=C(CCCOc1ccccc1)N1CC(O)(C2CC2)C1. The van der Waals surface area contributed by atoms with Crippen LogP contribution in [0.25, 0.3) is 0 Å². The van der Waals surface area contributed by atoms with Crippen molar-refractivity contribution < 1.29 is 14.6 Å². The zero-order chi connectivity index (χ0) is 14.0. The Hall–Kier alpha value is -1.55. The van der Waals surface area contributed by atoms with Gasteiger partial charge in [0.1, 0.15) is 11.4 Å². The molecule has 0 unspecified atom stereocenters. The fraction of sp³-hybridized carbons (Fsp3) is 0.562. The predicted molar refractivity (Wildman–Crippen MR) is 75.4 cm³/mol. The Balaban J connectivity index is 1.32. The highest BCUT2D eigenvalue weighted by molar-refractivity contribution is 5.77. The maximum Gasteiger partial charge on any atom is 0.222 e. The van der Waals surface area contributed by atoms with Crippen molar-refractivity contribution in [1.82, 2.24) is 4.90 Å². The van der Waals surface area contributed by atoms with Gasteiger partial charge >= 0.3 is 0 Å². The first-order chi connectivity index (χ1) is 9.67. The number of nitrogens with zero attached hydrogens (tertiary/aromatic N) is 1. The second kappa shape index (κ2) is 5.44. The van der Waals surface area contributed by atoms with Gasteiger partial charge in [0.05, 0.1) is 19.7 Å². The minimum Gasteiger partial charge on any atom is -0.494 e. The highest BCUT2D eigenvalue weighted by Crippen LogP contribution is 2.44. The summed E-state index contributed by atoms with van der Waals surface area (Å²) in [5.41, 5.74) is -0.573. The summed E-state index contributed by atoms with van der Waals surface area (Å²) in [7, 11) is 0. The fourth-order valence-corrected chi connectivity index (χ4v) is 2.76. The summed E-state index contributed by atoms with van der Waals surface area (Å²) in [4.78, 5) is 13.7. The quantitative estimate of drug-likeness (QED) is 0.806. The monoisotopic (exact) mass is 275 g/mol. The van der Waals surface area contributed by atoms with Gasteiger partial charge in [-0.2, -0.15) is 0 Å². The predicted octanol–water partition coefficient (Wildman–Crippen LogP) is 1.83. The molecule has 0 atom stereocenters. The van der Waals surface area contributed by atoms with Gasteiger partial charge in [-0.05, 0) is 37.3 Å². The summed E-state index contributed by atoms with van der Waals surface area (Å²) in [6.45, 7) is 1.60. The van der Waals surface area contributed by atoms with Crippen LogP contribution in [0.5, 0.6) is 5.75 Å². The molecule has 1 saturated heterocycles. The number of likely N-dealkylation sites (tertiary alicyclic amines) is 1. The third-order valence-corrected chi connectivity index (χ3v) is 4.17. The second-order valence-corrected chi connectivity index (χ2v) is 5.89. The molecule has 0 spiro atoms. The molecule has 4 heteroatoms. The van der Waals surface area contributed by atoms with Gasteiger partial charge < -0.3 is 14.7 Å². The average molecular weight is 275 g/mol. The standard InChI is InChI=1S/C16H21NO3/c18-15(17-11-16(19,12-17)13-8-9-13)7-4-10-20-14-5-2-1-3-6-14/h1-3,5-6,13,19H,4,7-12H2. The van der Waals surface area contributed by atoms with Crippen LogP contribution in [0.2, 0.25) is 0 Å². The Bertz CT molecular complexity index is 464. The zero-order valence-corrected chi connectivity index (χ0v) is 11.6. The lowest BCUT2D eigenvalue weighted by molar-refractivity contribution is -0.159. The van der Waals surface area contributed by atoms with Gasteiger partial charge in [0, 0.05) is 6.42 Å². The summed E-state index contributed by atoms with van der Waals surface area (Å²) in [5, 5.41) is 10.2. The maximum absolute atomic E-state index is 11.9. The first kappa shape index (κ1) is 13.4. The van der Waals surface area contributed by atoms with Gasteiger partial charge in [-0.25, -0.2) is 0 Å². The Kier molecular flexibility index (Phi) is 3.66. The van der Waals surface area contributed by atoms with Crippen molar-refractivity contribution >= 4 is 5.91 Å². The summed E-state index contributed by atoms with van der Waals surface area (Å²) < 4.78 is 5.56. The number of ether oxygens (including phenoxy) is 1. The van der Waals surface area contributed by atoms with E-state index in [9.17, 15) is 9.90 Å². The van der Waals surface area contributed by atoms with Crippen LogP contribution < -0.4 is 4.74 Å². The summed E-state index contributed by atoms with van der Waals surface area (Å²) in [6, 6.07) is 9.62. The normalized spacial score (nSPS) is 20.4. The molecule has 0 radical (unpaired) electrons. The number of β-amino-alcohol motifs (C(OH)–C–C–N with tert-alkyl or cyclic N) is 1. The molecule has 0 aromatic heterocycles. The first-order valence-corrected chi connectivity index (χ1v) is 7.35. The lowest BCUT2D eigenvalue weighted by Gasteiger charge is -2.47. The molecular formula is C16H21NO3.